The Labute approximate surface area is 112 Å². The molecule has 1 unspecified atom stereocenters. The summed E-state index contributed by atoms with van der Waals surface area (Å²) in [4.78, 5) is 0. The molecule has 0 aliphatic carbocycles. The van der Waals surface area contributed by atoms with Crippen LogP contribution >= 0.6 is 15.9 Å². The standard InChI is InChI=1S/C14H21BrFN/c1-3-5-13(17-4-2)9-7-11-6-8-12(15)10-14(11)16/h6,8,10,13,17H,3-5,7,9H2,1-2H3. The van der Waals surface area contributed by atoms with Crippen molar-refractivity contribution in [3.63, 3.8) is 0 Å². The number of benzene rings is 1. The second-order valence-corrected chi connectivity index (χ2v) is 5.23. The van der Waals surface area contributed by atoms with Gasteiger partial charge in [-0.05, 0) is 43.5 Å². The van der Waals surface area contributed by atoms with Gasteiger partial charge >= 0.3 is 0 Å². The maximum Gasteiger partial charge on any atom is 0.127 e. The zero-order chi connectivity index (χ0) is 12.7. The number of nitrogens with one attached hydrogen (secondary N) is 1. The number of aryl methyl sites for hydroxylation is 1. The lowest BCUT2D eigenvalue weighted by Crippen LogP contribution is -2.29. The molecule has 3 heteroatoms. The van der Waals surface area contributed by atoms with E-state index in [4.69, 9.17) is 0 Å². The molecule has 0 radical (unpaired) electrons. The third kappa shape index (κ3) is 5.17. The minimum Gasteiger partial charge on any atom is -0.314 e. The molecule has 1 N–H and O–H groups in total. The molecule has 0 aliphatic heterocycles. The van der Waals surface area contributed by atoms with Crippen molar-refractivity contribution in [1.29, 1.82) is 0 Å². The van der Waals surface area contributed by atoms with Crippen LogP contribution in [0, 0.1) is 5.82 Å². The minimum atomic E-state index is -0.105. The SMILES string of the molecule is CCCC(CCc1ccc(Br)cc1F)NCC. The summed E-state index contributed by atoms with van der Waals surface area (Å²) >= 11 is 3.27. The maximum absolute atomic E-state index is 13.6. The molecular formula is C14H21BrFN. The molecule has 0 spiro atoms. The molecule has 96 valence electrons. The van der Waals surface area contributed by atoms with E-state index in [1.807, 2.05) is 12.1 Å². The molecule has 1 rings (SSSR count). The van der Waals surface area contributed by atoms with Crippen LogP contribution in [-0.4, -0.2) is 12.6 Å². The Morgan fingerprint density at radius 3 is 2.65 bits per heavy atom. The highest BCUT2D eigenvalue weighted by Crippen LogP contribution is 2.17. The average Bonchev–Trinajstić information content (AvgIpc) is 2.28. The van der Waals surface area contributed by atoms with Gasteiger partial charge in [0.05, 0.1) is 0 Å². The highest BCUT2D eigenvalue weighted by molar-refractivity contribution is 9.10. The first-order valence-electron chi connectivity index (χ1n) is 6.34. The fraction of sp³-hybridized carbons (Fsp3) is 0.571. The lowest BCUT2D eigenvalue weighted by Gasteiger charge is -2.17. The van der Waals surface area contributed by atoms with Crippen LogP contribution in [0.2, 0.25) is 0 Å². The summed E-state index contributed by atoms with van der Waals surface area (Å²) in [5.41, 5.74) is 0.812. The molecule has 0 bridgehead atoms. The molecule has 1 aromatic rings. The van der Waals surface area contributed by atoms with Gasteiger partial charge in [-0.2, -0.15) is 0 Å². The molecule has 0 amide bonds. The van der Waals surface area contributed by atoms with E-state index in [1.165, 1.54) is 12.5 Å². The van der Waals surface area contributed by atoms with Gasteiger partial charge in [0.15, 0.2) is 0 Å². The summed E-state index contributed by atoms with van der Waals surface area (Å²) in [6.45, 7) is 5.28. The number of halogens is 2. The molecule has 0 saturated carbocycles. The normalized spacial score (nSPS) is 12.7. The topological polar surface area (TPSA) is 12.0 Å². The quantitative estimate of drug-likeness (QED) is 0.792. The molecular weight excluding hydrogens is 281 g/mol. The summed E-state index contributed by atoms with van der Waals surface area (Å²) in [5, 5.41) is 3.45. The highest BCUT2D eigenvalue weighted by Gasteiger charge is 2.08. The third-order valence-corrected chi connectivity index (χ3v) is 3.40. The van der Waals surface area contributed by atoms with Crippen molar-refractivity contribution >= 4 is 15.9 Å². The van der Waals surface area contributed by atoms with E-state index in [2.05, 4.69) is 35.1 Å². The Hall–Kier alpha value is -0.410. The van der Waals surface area contributed by atoms with Crippen molar-refractivity contribution in [2.75, 3.05) is 6.54 Å². The van der Waals surface area contributed by atoms with Crippen molar-refractivity contribution in [2.24, 2.45) is 0 Å². The second-order valence-electron chi connectivity index (χ2n) is 4.32. The summed E-state index contributed by atoms with van der Waals surface area (Å²) in [6, 6.07) is 5.82. The van der Waals surface area contributed by atoms with Gasteiger partial charge < -0.3 is 5.32 Å². The van der Waals surface area contributed by atoms with Gasteiger partial charge in [0.2, 0.25) is 0 Å². The Balaban J connectivity index is 2.52. The van der Waals surface area contributed by atoms with Crippen molar-refractivity contribution in [1.82, 2.24) is 5.32 Å². The lowest BCUT2D eigenvalue weighted by molar-refractivity contribution is 0.455. The van der Waals surface area contributed by atoms with E-state index in [1.54, 1.807) is 0 Å². The number of rotatable bonds is 7. The first-order chi connectivity index (χ1) is 8.17. The van der Waals surface area contributed by atoms with Crippen LogP contribution in [0.25, 0.3) is 0 Å². The Morgan fingerprint density at radius 1 is 1.29 bits per heavy atom. The van der Waals surface area contributed by atoms with Crippen LogP contribution < -0.4 is 5.32 Å². The van der Waals surface area contributed by atoms with E-state index < -0.39 is 0 Å². The maximum atomic E-state index is 13.6. The monoisotopic (exact) mass is 301 g/mol. The lowest BCUT2D eigenvalue weighted by atomic mass is 10.0. The Bertz CT molecular complexity index is 335. The van der Waals surface area contributed by atoms with Crippen molar-refractivity contribution in [2.45, 2.75) is 45.6 Å². The van der Waals surface area contributed by atoms with E-state index in [9.17, 15) is 4.39 Å². The minimum absolute atomic E-state index is 0.105. The van der Waals surface area contributed by atoms with Gasteiger partial charge in [-0.3, -0.25) is 0 Å². The second kappa shape index (κ2) is 7.83. The van der Waals surface area contributed by atoms with Gasteiger partial charge in [0.25, 0.3) is 0 Å². The van der Waals surface area contributed by atoms with Crippen LogP contribution in [0.4, 0.5) is 4.39 Å². The molecule has 1 atom stereocenters. The predicted octanol–water partition coefficient (Wildman–Crippen LogP) is 4.30. The van der Waals surface area contributed by atoms with Crippen molar-refractivity contribution in [3.05, 3.63) is 34.1 Å². The first kappa shape index (κ1) is 14.7. The van der Waals surface area contributed by atoms with Gasteiger partial charge in [-0.1, -0.05) is 42.3 Å². The molecule has 0 fully saturated rings. The van der Waals surface area contributed by atoms with Gasteiger partial charge in [0.1, 0.15) is 5.82 Å². The van der Waals surface area contributed by atoms with Crippen molar-refractivity contribution in [3.8, 4) is 0 Å². The number of hydrogen-bond acceptors (Lipinski definition) is 1. The van der Waals surface area contributed by atoms with Crippen molar-refractivity contribution < 1.29 is 4.39 Å². The summed E-state index contributed by atoms with van der Waals surface area (Å²) in [6.07, 6.45) is 4.13. The first-order valence-corrected chi connectivity index (χ1v) is 7.14. The largest absolute Gasteiger partial charge is 0.314 e. The fourth-order valence-electron chi connectivity index (χ4n) is 2.04. The fourth-order valence-corrected chi connectivity index (χ4v) is 2.37. The van der Waals surface area contributed by atoms with Gasteiger partial charge in [-0.25, -0.2) is 4.39 Å². The highest BCUT2D eigenvalue weighted by atomic mass is 79.9. The van der Waals surface area contributed by atoms with E-state index in [0.717, 1.165) is 35.8 Å². The Kier molecular flexibility index (Phi) is 6.75. The molecule has 0 saturated heterocycles. The van der Waals surface area contributed by atoms with Crippen LogP contribution in [0.5, 0.6) is 0 Å². The molecule has 0 heterocycles. The summed E-state index contributed by atoms with van der Waals surface area (Å²) < 4.78 is 14.4. The molecule has 1 aromatic carbocycles. The number of hydrogen-bond donors (Lipinski definition) is 1. The van der Waals surface area contributed by atoms with Gasteiger partial charge in [-0.15, -0.1) is 0 Å². The van der Waals surface area contributed by atoms with E-state index in [-0.39, 0.29) is 5.82 Å². The third-order valence-electron chi connectivity index (χ3n) is 2.91. The van der Waals surface area contributed by atoms with Crippen LogP contribution in [0.3, 0.4) is 0 Å². The van der Waals surface area contributed by atoms with E-state index in [0.29, 0.717) is 6.04 Å². The molecule has 0 aliphatic rings. The van der Waals surface area contributed by atoms with Crippen LogP contribution in [0.1, 0.15) is 38.7 Å². The molecule has 17 heavy (non-hydrogen) atoms. The van der Waals surface area contributed by atoms with Gasteiger partial charge in [0, 0.05) is 10.5 Å². The van der Waals surface area contributed by atoms with Crippen LogP contribution in [-0.2, 0) is 6.42 Å². The summed E-state index contributed by atoms with van der Waals surface area (Å²) in [7, 11) is 0. The average molecular weight is 302 g/mol. The predicted molar refractivity (Wildman–Crippen MR) is 74.8 cm³/mol. The van der Waals surface area contributed by atoms with Crippen LogP contribution in [0.15, 0.2) is 22.7 Å². The Morgan fingerprint density at radius 2 is 2.06 bits per heavy atom. The smallest absolute Gasteiger partial charge is 0.127 e. The van der Waals surface area contributed by atoms with E-state index >= 15 is 0 Å². The zero-order valence-corrected chi connectivity index (χ0v) is 12.2. The summed E-state index contributed by atoms with van der Waals surface area (Å²) in [5.74, 6) is -0.105. The molecule has 0 aromatic heterocycles. The zero-order valence-electron chi connectivity index (χ0n) is 10.6. The molecule has 1 nitrogen and oxygen atoms in total.